The molecule has 86 valence electrons. The number of hydrogen-bond donors (Lipinski definition) is 1. The van der Waals surface area contributed by atoms with Crippen molar-refractivity contribution in [3.05, 3.63) is 48.8 Å². The summed E-state index contributed by atoms with van der Waals surface area (Å²) in [5.41, 5.74) is 7.71. The van der Waals surface area contributed by atoms with Crippen LogP contribution in [0.25, 0.3) is 11.5 Å². The molecule has 0 aliphatic carbocycles. The van der Waals surface area contributed by atoms with E-state index < -0.39 is 0 Å². The monoisotopic (exact) mass is 227 g/mol. The molecule has 0 bridgehead atoms. The summed E-state index contributed by atoms with van der Waals surface area (Å²) in [7, 11) is 0. The second kappa shape index (κ2) is 4.03. The van der Waals surface area contributed by atoms with Crippen LogP contribution in [-0.4, -0.2) is 25.5 Å². The van der Waals surface area contributed by atoms with Gasteiger partial charge in [-0.2, -0.15) is 0 Å². The van der Waals surface area contributed by atoms with Gasteiger partial charge in [0.25, 0.3) is 0 Å². The Labute approximate surface area is 98.5 Å². The predicted octanol–water partition coefficient (Wildman–Crippen LogP) is 1.02. The van der Waals surface area contributed by atoms with Crippen LogP contribution >= 0.6 is 0 Å². The van der Waals surface area contributed by atoms with Crippen LogP contribution in [-0.2, 0) is 6.42 Å². The second-order valence-corrected chi connectivity index (χ2v) is 3.82. The summed E-state index contributed by atoms with van der Waals surface area (Å²) in [6.45, 7) is 0.602. The molecule has 5 nitrogen and oxygen atoms in total. The van der Waals surface area contributed by atoms with Crippen molar-refractivity contribution in [3.63, 3.8) is 0 Å². The van der Waals surface area contributed by atoms with Gasteiger partial charge in [-0.15, -0.1) is 0 Å². The van der Waals surface area contributed by atoms with E-state index in [0.29, 0.717) is 6.54 Å². The third-order valence-electron chi connectivity index (χ3n) is 2.74. The number of nitrogens with zero attached hydrogens (tertiary/aromatic N) is 4. The van der Waals surface area contributed by atoms with E-state index in [1.807, 2.05) is 35.2 Å². The highest BCUT2D eigenvalue weighted by molar-refractivity contribution is 5.48. The summed E-state index contributed by atoms with van der Waals surface area (Å²) >= 11 is 0. The van der Waals surface area contributed by atoms with Gasteiger partial charge in [0.05, 0.1) is 5.69 Å². The Morgan fingerprint density at radius 3 is 2.94 bits per heavy atom. The minimum absolute atomic E-state index is 0.602. The molecule has 3 rings (SSSR count). The third kappa shape index (κ3) is 1.60. The molecule has 0 saturated heterocycles. The quantitative estimate of drug-likeness (QED) is 0.726. The second-order valence-electron chi connectivity index (χ2n) is 3.82. The number of aromatic nitrogens is 4. The standard InChI is InChI=1S/C12H13N5/c13-5-4-10-12(16-8-6-14-9-16)15-11-3-1-2-7-17(10)11/h1-3,6-9H,4-5,13H2. The molecule has 0 spiro atoms. The molecule has 2 N–H and O–H groups in total. The van der Waals surface area contributed by atoms with Crippen molar-refractivity contribution >= 4 is 5.65 Å². The van der Waals surface area contributed by atoms with Gasteiger partial charge < -0.3 is 10.1 Å². The fourth-order valence-corrected chi connectivity index (χ4v) is 1.99. The lowest BCUT2D eigenvalue weighted by atomic mass is 10.3. The van der Waals surface area contributed by atoms with E-state index in [2.05, 4.69) is 14.4 Å². The predicted molar refractivity (Wildman–Crippen MR) is 65.1 cm³/mol. The number of imidazole rings is 2. The number of hydrogen-bond acceptors (Lipinski definition) is 3. The maximum absolute atomic E-state index is 5.67. The molecule has 3 heterocycles. The summed E-state index contributed by atoms with van der Waals surface area (Å²) in [5.74, 6) is 0.902. The largest absolute Gasteiger partial charge is 0.330 e. The lowest BCUT2D eigenvalue weighted by Crippen LogP contribution is -2.07. The third-order valence-corrected chi connectivity index (χ3v) is 2.74. The lowest BCUT2D eigenvalue weighted by Gasteiger charge is -2.03. The SMILES string of the molecule is NCCc1c(-n2ccnc2)nc2ccccn12. The van der Waals surface area contributed by atoms with Crippen molar-refractivity contribution in [2.75, 3.05) is 6.54 Å². The van der Waals surface area contributed by atoms with Crippen molar-refractivity contribution in [3.8, 4) is 5.82 Å². The highest BCUT2D eigenvalue weighted by atomic mass is 15.2. The van der Waals surface area contributed by atoms with Gasteiger partial charge in [0.1, 0.15) is 12.0 Å². The molecule has 0 fully saturated rings. The first-order valence-electron chi connectivity index (χ1n) is 5.54. The first kappa shape index (κ1) is 10.0. The molecule has 0 aliphatic rings. The normalized spacial score (nSPS) is 11.1. The molecule has 0 saturated carbocycles. The van der Waals surface area contributed by atoms with E-state index in [1.54, 1.807) is 12.5 Å². The first-order chi connectivity index (χ1) is 8.40. The Kier molecular flexibility index (Phi) is 2.38. The Morgan fingerprint density at radius 1 is 1.24 bits per heavy atom. The fourth-order valence-electron chi connectivity index (χ4n) is 1.99. The van der Waals surface area contributed by atoms with E-state index >= 15 is 0 Å². The molecule has 0 unspecified atom stereocenters. The van der Waals surface area contributed by atoms with Crippen molar-refractivity contribution in [2.24, 2.45) is 5.73 Å². The summed E-state index contributed by atoms with van der Waals surface area (Å²) in [6.07, 6.45) is 8.19. The number of rotatable bonds is 3. The maximum atomic E-state index is 5.67. The van der Waals surface area contributed by atoms with Crippen molar-refractivity contribution in [1.82, 2.24) is 18.9 Å². The average Bonchev–Trinajstić information content (AvgIpc) is 2.97. The minimum Gasteiger partial charge on any atom is -0.330 e. The highest BCUT2D eigenvalue weighted by Gasteiger charge is 2.12. The van der Waals surface area contributed by atoms with Gasteiger partial charge in [0.15, 0.2) is 5.82 Å². The number of fused-ring (bicyclic) bond motifs is 1. The van der Waals surface area contributed by atoms with Crippen LogP contribution in [0.1, 0.15) is 5.69 Å². The smallest absolute Gasteiger partial charge is 0.160 e. The first-order valence-corrected chi connectivity index (χ1v) is 5.54. The molecule has 17 heavy (non-hydrogen) atoms. The van der Waals surface area contributed by atoms with Crippen LogP contribution in [0.15, 0.2) is 43.1 Å². The van der Waals surface area contributed by atoms with Gasteiger partial charge in [-0.05, 0) is 18.7 Å². The molecular formula is C12H13N5. The van der Waals surface area contributed by atoms with Gasteiger partial charge in [0, 0.05) is 25.0 Å². The Morgan fingerprint density at radius 2 is 2.18 bits per heavy atom. The molecule has 3 aromatic heterocycles. The van der Waals surface area contributed by atoms with Crippen LogP contribution in [0, 0.1) is 0 Å². The average molecular weight is 227 g/mol. The molecule has 0 amide bonds. The van der Waals surface area contributed by atoms with E-state index in [9.17, 15) is 0 Å². The zero-order valence-electron chi connectivity index (χ0n) is 9.32. The van der Waals surface area contributed by atoms with Gasteiger partial charge in [-0.25, -0.2) is 9.97 Å². The Hall–Kier alpha value is -2.14. The van der Waals surface area contributed by atoms with Crippen molar-refractivity contribution in [1.29, 1.82) is 0 Å². The topological polar surface area (TPSA) is 61.1 Å². The van der Waals surface area contributed by atoms with Crippen LogP contribution in [0.2, 0.25) is 0 Å². The van der Waals surface area contributed by atoms with Crippen molar-refractivity contribution in [2.45, 2.75) is 6.42 Å². The summed E-state index contributed by atoms with van der Waals surface area (Å²) in [5, 5.41) is 0. The zero-order chi connectivity index (χ0) is 11.7. The van der Waals surface area contributed by atoms with Crippen LogP contribution in [0.4, 0.5) is 0 Å². The van der Waals surface area contributed by atoms with Gasteiger partial charge >= 0.3 is 0 Å². The highest BCUT2D eigenvalue weighted by Crippen LogP contribution is 2.16. The van der Waals surface area contributed by atoms with Crippen LogP contribution < -0.4 is 5.73 Å². The summed E-state index contributed by atoms with van der Waals surface area (Å²) in [4.78, 5) is 8.66. The van der Waals surface area contributed by atoms with Gasteiger partial charge in [0.2, 0.25) is 0 Å². The number of pyridine rings is 1. The molecular weight excluding hydrogens is 214 g/mol. The van der Waals surface area contributed by atoms with Gasteiger partial charge in [-0.1, -0.05) is 6.07 Å². The number of nitrogens with two attached hydrogens (primary N) is 1. The molecule has 3 aromatic rings. The molecule has 0 aliphatic heterocycles. The summed E-state index contributed by atoms with van der Waals surface area (Å²) in [6, 6.07) is 5.96. The lowest BCUT2D eigenvalue weighted by molar-refractivity contribution is 0.877. The fraction of sp³-hybridized carbons (Fsp3) is 0.167. The van der Waals surface area contributed by atoms with E-state index in [0.717, 1.165) is 23.6 Å². The Bertz CT molecular complexity index is 623. The minimum atomic E-state index is 0.602. The zero-order valence-corrected chi connectivity index (χ0v) is 9.32. The van der Waals surface area contributed by atoms with E-state index in [1.165, 1.54) is 0 Å². The molecule has 0 radical (unpaired) electrons. The molecule has 5 heteroatoms. The van der Waals surface area contributed by atoms with Gasteiger partial charge in [-0.3, -0.25) is 4.57 Å². The van der Waals surface area contributed by atoms with E-state index in [4.69, 9.17) is 5.73 Å². The summed E-state index contributed by atoms with van der Waals surface area (Å²) < 4.78 is 3.99. The van der Waals surface area contributed by atoms with Crippen LogP contribution in [0.3, 0.4) is 0 Å². The maximum Gasteiger partial charge on any atom is 0.160 e. The Balaban J connectivity index is 2.26. The van der Waals surface area contributed by atoms with Crippen LogP contribution in [0.5, 0.6) is 0 Å². The molecule has 0 atom stereocenters. The molecule has 0 aromatic carbocycles. The van der Waals surface area contributed by atoms with Crippen molar-refractivity contribution < 1.29 is 0 Å². The van der Waals surface area contributed by atoms with E-state index in [-0.39, 0.29) is 0 Å².